The molecule has 20 heavy (non-hydrogen) atoms. The number of benzene rings is 2. The van der Waals surface area contributed by atoms with Crippen molar-refractivity contribution in [3.8, 4) is 11.5 Å². The highest BCUT2D eigenvalue weighted by Crippen LogP contribution is 2.28. The molecule has 4 heteroatoms. The molecule has 0 atom stereocenters. The number of aromatic hydroxyl groups is 1. The lowest BCUT2D eigenvalue weighted by molar-refractivity contribution is 0.318. The third-order valence-electron chi connectivity index (χ3n) is 2.86. The number of para-hydroxylation sites is 2. The van der Waals surface area contributed by atoms with Crippen molar-refractivity contribution in [3.63, 3.8) is 0 Å². The summed E-state index contributed by atoms with van der Waals surface area (Å²) < 4.78 is 5.33. The Kier molecular flexibility index (Phi) is 4.60. The van der Waals surface area contributed by atoms with Crippen molar-refractivity contribution < 1.29 is 9.84 Å². The standard InChI is InChI=1S/C16H18N2O2/c1-3-20-15-10-6-8-13(16(15)19)11-17-18-14-9-5-4-7-12(14)2/h4-11,18-19H,3H2,1-2H3/b17-11+. The second kappa shape index (κ2) is 6.61. The Hall–Kier alpha value is -2.49. The number of hydrogen-bond donors (Lipinski definition) is 2. The van der Waals surface area contributed by atoms with Crippen molar-refractivity contribution in [2.24, 2.45) is 5.10 Å². The van der Waals surface area contributed by atoms with Crippen molar-refractivity contribution in [1.29, 1.82) is 0 Å². The highest BCUT2D eigenvalue weighted by Gasteiger charge is 2.05. The van der Waals surface area contributed by atoms with E-state index in [-0.39, 0.29) is 5.75 Å². The minimum absolute atomic E-state index is 0.102. The fraction of sp³-hybridized carbons (Fsp3) is 0.188. The Labute approximate surface area is 118 Å². The molecule has 0 bridgehead atoms. The smallest absolute Gasteiger partial charge is 0.166 e. The Morgan fingerprint density at radius 1 is 1.20 bits per heavy atom. The van der Waals surface area contributed by atoms with Gasteiger partial charge in [-0.05, 0) is 37.6 Å². The van der Waals surface area contributed by atoms with Crippen molar-refractivity contribution in [2.75, 3.05) is 12.0 Å². The van der Waals surface area contributed by atoms with Gasteiger partial charge in [-0.15, -0.1) is 0 Å². The van der Waals surface area contributed by atoms with Crippen molar-refractivity contribution >= 4 is 11.9 Å². The van der Waals surface area contributed by atoms with E-state index in [4.69, 9.17) is 4.74 Å². The Balaban J connectivity index is 2.12. The average molecular weight is 270 g/mol. The molecule has 0 aliphatic rings. The van der Waals surface area contributed by atoms with E-state index in [2.05, 4.69) is 10.5 Å². The molecule has 0 saturated carbocycles. The molecule has 0 heterocycles. The van der Waals surface area contributed by atoms with E-state index >= 15 is 0 Å². The first kappa shape index (κ1) is 13.9. The number of nitrogens with one attached hydrogen (secondary N) is 1. The normalized spacial score (nSPS) is 10.7. The molecule has 0 saturated heterocycles. The van der Waals surface area contributed by atoms with Gasteiger partial charge in [-0.1, -0.05) is 24.3 Å². The van der Waals surface area contributed by atoms with Crippen molar-refractivity contribution in [2.45, 2.75) is 13.8 Å². The molecule has 0 aromatic heterocycles. The van der Waals surface area contributed by atoms with E-state index in [9.17, 15) is 5.11 Å². The van der Waals surface area contributed by atoms with Crippen LogP contribution in [0.2, 0.25) is 0 Å². The minimum atomic E-state index is 0.102. The molecule has 2 N–H and O–H groups in total. The van der Waals surface area contributed by atoms with Crippen LogP contribution in [0.4, 0.5) is 5.69 Å². The van der Waals surface area contributed by atoms with Crippen LogP contribution in [-0.4, -0.2) is 17.9 Å². The topological polar surface area (TPSA) is 53.8 Å². The predicted octanol–water partition coefficient (Wildman–Crippen LogP) is 3.55. The van der Waals surface area contributed by atoms with Gasteiger partial charge in [0.2, 0.25) is 0 Å². The summed E-state index contributed by atoms with van der Waals surface area (Å²) in [5, 5.41) is 14.2. The number of nitrogens with zero attached hydrogens (tertiary/aromatic N) is 1. The summed E-state index contributed by atoms with van der Waals surface area (Å²) in [6.45, 7) is 4.39. The first-order valence-electron chi connectivity index (χ1n) is 6.52. The molecule has 0 spiro atoms. The number of anilines is 1. The zero-order valence-electron chi connectivity index (χ0n) is 11.6. The molecular formula is C16H18N2O2. The van der Waals surface area contributed by atoms with Crippen molar-refractivity contribution in [1.82, 2.24) is 0 Å². The summed E-state index contributed by atoms with van der Waals surface area (Å²) in [6.07, 6.45) is 1.57. The summed E-state index contributed by atoms with van der Waals surface area (Å²) >= 11 is 0. The molecule has 0 aliphatic heterocycles. The van der Waals surface area contributed by atoms with Gasteiger partial charge in [-0.2, -0.15) is 5.10 Å². The van der Waals surface area contributed by atoms with Crippen LogP contribution in [0.5, 0.6) is 11.5 Å². The van der Waals surface area contributed by atoms with Gasteiger partial charge in [0.1, 0.15) is 0 Å². The largest absolute Gasteiger partial charge is 0.504 e. The molecule has 0 fully saturated rings. The summed E-state index contributed by atoms with van der Waals surface area (Å²) in [5.41, 5.74) is 5.61. The summed E-state index contributed by atoms with van der Waals surface area (Å²) in [5.74, 6) is 0.567. The van der Waals surface area contributed by atoms with Gasteiger partial charge in [0.15, 0.2) is 11.5 Å². The third kappa shape index (κ3) is 3.29. The molecule has 0 amide bonds. The molecule has 4 nitrogen and oxygen atoms in total. The number of rotatable bonds is 5. The van der Waals surface area contributed by atoms with Crippen LogP contribution in [-0.2, 0) is 0 Å². The monoisotopic (exact) mass is 270 g/mol. The van der Waals surface area contributed by atoms with Crippen LogP contribution < -0.4 is 10.2 Å². The predicted molar refractivity (Wildman–Crippen MR) is 81.7 cm³/mol. The number of hydrazone groups is 1. The first-order valence-corrected chi connectivity index (χ1v) is 6.52. The maximum Gasteiger partial charge on any atom is 0.166 e. The maximum absolute atomic E-state index is 10.0. The zero-order chi connectivity index (χ0) is 14.4. The molecule has 2 rings (SSSR count). The average Bonchev–Trinajstić information content (AvgIpc) is 2.45. The SMILES string of the molecule is CCOc1cccc(/C=N/Nc2ccccc2C)c1O. The highest BCUT2D eigenvalue weighted by atomic mass is 16.5. The Morgan fingerprint density at radius 3 is 2.75 bits per heavy atom. The van der Waals surface area contributed by atoms with Gasteiger partial charge in [0.25, 0.3) is 0 Å². The number of aryl methyl sites for hydroxylation is 1. The fourth-order valence-corrected chi connectivity index (χ4v) is 1.79. The van der Waals surface area contributed by atoms with Gasteiger partial charge in [0.05, 0.1) is 18.5 Å². The van der Waals surface area contributed by atoms with Crippen molar-refractivity contribution in [3.05, 3.63) is 53.6 Å². The molecule has 0 aliphatic carbocycles. The second-order valence-corrected chi connectivity index (χ2v) is 4.31. The Bertz CT molecular complexity index is 609. The van der Waals surface area contributed by atoms with E-state index in [1.165, 1.54) is 0 Å². The fourth-order valence-electron chi connectivity index (χ4n) is 1.79. The Morgan fingerprint density at radius 2 is 2.00 bits per heavy atom. The van der Waals surface area contributed by atoms with Gasteiger partial charge >= 0.3 is 0 Å². The molecule has 0 radical (unpaired) electrons. The summed E-state index contributed by atoms with van der Waals surface area (Å²) in [4.78, 5) is 0. The summed E-state index contributed by atoms with van der Waals surface area (Å²) in [6, 6.07) is 13.2. The van der Waals surface area contributed by atoms with Gasteiger partial charge in [-0.25, -0.2) is 0 Å². The minimum Gasteiger partial charge on any atom is -0.504 e. The van der Waals surface area contributed by atoms with E-state index in [1.54, 1.807) is 18.3 Å². The third-order valence-corrected chi connectivity index (χ3v) is 2.86. The quantitative estimate of drug-likeness (QED) is 0.645. The molecule has 2 aromatic carbocycles. The van der Waals surface area contributed by atoms with E-state index in [1.807, 2.05) is 44.2 Å². The van der Waals surface area contributed by atoms with E-state index in [0.29, 0.717) is 17.9 Å². The lowest BCUT2D eigenvalue weighted by Gasteiger charge is -2.07. The lowest BCUT2D eigenvalue weighted by atomic mass is 10.2. The number of phenolic OH excluding ortho intramolecular Hbond substituents is 1. The van der Waals surface area contributed by atoms with Crippen LogP contribution in [0.25, 0.3) is 0 Å². The second-order valence-electron chi connectivity index (χ2n) is 4.31. The van der Waals surface area contributed by atoms with Crippen LogP contribution in [0.3, 0.4) is 0 Å². The first-order chi connectivity index (χ1) is 9.72. The lowest BCUT2D eigenvalue weighted by Crippen LogP contribution is -1.95. The number of ether oxygens (including phenoxy) is 1. The van der Waals surface area contributed by atoms with Gasteiger partial charge < -0.3 is 9.84 Å². The molecule has 104 valence electrons. The zero-order valence-corrected chi connectivity index (χ0v) is 11.6. The summed E-state index contributed by atoms with van der Waals surface area (Å²) in [7, 11) is 0. The van der Waals surface area contributed by atoms with Crippen LogP contribution >= 0.6 is 0 Å². The molecule has 0 unspecified atom stereocenters. The van der Waals surface area contributed by atoms with Crippen LogP contribution in [0, 0.1) is 6.92 Å². The van der Waals surface area contributed by atoms with Crippen LogP contribution in [0.15, 0.2) is 47.6 Å². The molecular weight excluding hydrogens is 252 g/mol. The molecule has 2 aromatic rings. The van der Waals surface area contributed by atoms with E-state index < -0.39 is 0 Å². The van der Waals surface area contributed by atoms with Gasteiger partial charge in [-0.3, -0.25) is 5.43 Å². The maximum atomic E-state index is 10.0. The van der Waals surface area contributed by atoms with Gasteiger partial charge in [0, 0.05) is 5.56 Å². The van der Waals surface area contributed by atoms with Crippen LogP contribution in [0.1, 0.15) is 18.1 Å². The van der Waals surface area contributed by atoms with E-state index in [0.717, 1.165) is 11.3 Å². The highest BCUT2D eigenvalue weighted by molar-refractivity contribution is 5.85. The number of phenols is 1. The number of hydrogen-bond acceptors (Lipinski definition) is 4.